The van der Waals surface area contributed by atoms with E-state index in [1.807, 2.05) is 0 Å². The zero-order valence-corrected chi connectivity index (χ0v) is 16.1. The van der Waals surface area contributed by atoms with Gasteiger partial charge in [-0.2, -0.15) is 0 Å². The van der Waals surface area contributed by atoms with E-state index < -0.39 is 0 Å². The van der Waals surface area contributed by atoms with Gasteiger partial charge >= 0.3 is 5.97 Å². The fraction of sp³-hybridized carbons (Fsp3) is 0.913. The maximum absolute atomic E-state index is 13.7. The number of fused-ring (bicyclic) bond motifs is 5. The van der Waals surface area contributed by atoms with Gasteiger partial charge in [-0.25, -0.2) is 0 Å². The first-order valence-electron chi connectivity index (χ1n) is 11.1. The highest BCUT2D eigenvalue weighted by molar-refractivity contribution is 5.92. The molecule has 0 unspecified atom stereocenters. The quantitative estimate of drug-likeness (QED) is 0.676. The molecule has 0 amide bonds. The Morgan fingerprint density at radius 2 is 1.54 bits per heavy atom. The number of carbonyl (C=O) groups excluding carboxylic acids is 2. The third-order valence-electron chi connectivity index (χ3n) is 11.6. The number of hydrogen-bond acceptors (Lipinski definition) is 3. The number of ether oxygens (including phenoxy) is 1. The maximum atomic E-state index is 13.7. The van der Waals surface area contributed by atoms with Crippen LogP contribution in [0, 0.1) is 75.9 Å². The summed E-state index contributed by atoms with van der Waals surface area (Å²) in [4.78, 5) is 26.9. The van der Waals surface area contributed by atoms with Crippen molar-refractivity contribution < 1.29 is 14.3 Å². The van der Waals surface area contributed by atoms with Crippen molar-refractivity contribution in [3.63, 3.8) is 0 Å². The molecule has 0 spiro atoms. The lowest BCUT2D eigenvalue weighted by Crippen LogP contribution is -2.44. The molecule has 0 saturated heterocycles. The highest BCUT2D eigenvalue weighted by atomic mass is 16.5. The highest BCUT2D eigenvalue weighted by Gasteiger charge is 2.87. The van der Waals surface area contributed by atoms with Crippen molar-refractivity contribution in [2.45, 2.75) is 46.0 Å². The number of rotatable bonds is 1. The van der Waals surface area contributed by atoms with E-state index in [1.54, 1.807) is 7.11 Å². The number of methoxy groups -OCH3 is 1. The molecular weight excluding hydrogens is 324 g/mol. The molecule has 7 saturated carbocycles. The van der Waals surface area contributed by atoms with Gasteiger partial charge in [-0.15, -0.1) is 0 Å². The first kappa shape index (κ1) is 15.1. The van der Waals surface area contributed by atoms with Crippen molar-refractivity contribution in [1.29, 1.82) is 0 Å². The lowest BCUT2D eigenvalue weighted by atomic mass is 9.64. The molecule has 0 bridgehead atoms. The minimum Gasteiger partial charge on any atom is -0.469 e. The summed E-state index contributed by atoms with van der Waals surface area (Å²) in [6.45, 7) is 4.67. The van der Waals surface area contributed by atoms with Gasteiger partial charge in [0.2, 0.25) is 0 Å². The van der Waals surface area contributed by atoms with Gasteiger partial charge in [0.1, 0.15) is 5.78 Å². The number of carbonyl (C=O) groups is 2. The number of esters is 1. The van der Waals surface area contributed by atoms with Crippen molar-refractivity contribution >= 4 is 11.8 Å². The molecule has 0 aliphatic heterocycles. The predicted molar refractivity (Wildman–Crippen MR) is 94.7 cm³/mol. The fourth-order valence-corrected chi connectivity index (χ4v) is 11.7. The molecule has 0 aromatic carbocycles. The van der Waals surface area contributed by atoms with Gasteiger partial charge in [0.25, 0.3) is 0 Å². The Morgan fingerprint density at radius 1 is 0.885 bits per heavy atom. The van der Waals surface area contributed by atoms with Crippen LogP contribution in [0.15, 0.2) is 0 Å². The lowest BCUT2D eigenvalue weighted by Gasteiger charge is -2.39. The largest absolute Gasteiger partial charge is 0.469 e. The molecule has 0 aromatic heterocycles. The summed E-state index contributed by atoms with van der Waals surface area (Å²) in [5.41, 5.74) is -0.349. The lowest BCUT2D eigenvalue weighted by molar-refractivity contribution is -0.160. The molecule has 0 radical (unpaired) electrons. The molecular formula is C23H30O3. The van der Waals surface area contributed by atoms with Crippen molar-refractivity contribution in [3.05, 3.63) is 0 Å². The zero-order chi connectivity index (χ0) is 17.7. The van der Waals surface area contributed by atoms with Gasteiger partial charge in [-0.05, 0) is 91.8 Å². The van der Waals surface area contributed by atoms with Crippen LogP contribution in [-0.2, 0) is 14.3 Å². The minimum atomic E-state index is -0.291. The van der Waals surface area contributed by atoms with Crippen LogP contribution in [-0.4, -0.2) is 18.9 Å². The Morgan fingerprint density at radius 3 is 2.27 bits per heavy atom. The maximum Gasteiger partial charge on any atom is 0.312 e. The average Bonchev–Trinajstić information content (AvgIpc) is 3.38. The SMILES string of the molecule is COC(=O)[C@@]1(C)[C@@H]2[C@@H]3CCC[C@@H]3[C@@H]3[C@@H]2[C@H]2[C@@H]4[C@@H]5[C@@H](CC[C@H]5C(=O)[C@@]43C)[C@@H]21. The summed E-state index contributed by atoms with van der Waals surface area (Å²) < 4.78 is 5.48. The first-order valence-corrected chi connectivity index (χ1v) is 11.1. The van der Waals surface area contributed by atoms with Crippen LogP contribution in [0.25, 0.3) is 0 Å². The first-order chi connectivity index (χ1) is 12.5. The highest BCUT2D eigenvalue weighted by Crippen LogP contribution is 2.87. The van der Waals surface area contributed by atoms with Crippen LogP contribution >= 0.6 is 0 Å². The second kappa shape index (κ2) is 4.10. The second-order valence-corrected chi connectivity index (χ2v) is 11.4. The van der Waals surface area contributed by atoms with Gasteiger partial charge < -0.3 is 4.74 Å². The minimum absolute atomic E-state index is 0.0580. The standard InChI is InChI=1S/C23H30O3/c1-22-16-9-5-4-6-10(9)17-14(16)15-18(23(17,2)21(25)26-3)11-7-8-12(20(22)24)13(11)19(15)22/h9-19H,4-8H2,1-3H3/t9-,10+,11+,12+,13+,14-,15+,16+,17+,18-,19-,22+,23-/m0/s1. The smallest absolute Gasteiger partial charge is 0.312 e. The van der Waals surface area contributed by atoms with E-state index in [2.05, 4.69) is 13.8 Å². The summed E-state index contributed by atoms with van der Waals surface area (Å²) in [6, 6.07) is 0. The monoisotopic (exact) mass is 354 g/mol. The molecule has 13 atom stereocenters. The summed E-state index contributed by atoms with van der Waals surface area (Å²) in [6.07, 6.45) is 6.15. The Labute approximate surface area is 155 Å². The van der Waals surface area contributed by atoms with Crippen molar-refractivity contribution in [3.8, 4) is 0 Å². The summed E-state index contributed by atoms with van der Waals surface area (Å²) in [5.74, 6) is 7.02. The van der Waals surface area contributed by atoms with E-state index in [0.29, 0.717) is 70.9 Å². The Balaban J connectivity index is 1.51. The van der Waals surface area contributed by atoms with Gasteiger partial charge in [-0.1, -0.05) is 13.3 Å². The molecule has 7 aliphatic rings. The van der Waals surface area contributed by atoms with E-state index in [4.69, 9.17) is 4.74 Å². The Bertz CT molecular complexity index is 751. The Kier molecular flexibility index (Phi) is 2.38. The summed E-state index contributed by atoms with van der Waals surface area (Å²) in [5, 5.41) is 0. The molecule has 26 heavy (non-hydrogen) atoms. The predicted octanol–water partition coefficient (Wildman–Crippen LogP) is 3.57. The topological polar surface area (TPSA) is 43.4 Å². The van der Waals surface area contributed by atoms with E-state index >= 15 is 0 Å². The van der Waals surface area contributed by atoms with E-state index in [1.165, 1.54) is 25.7 Å². The molecule has 0 N–H and O–H groups in total. The van der Waals surface area contributed by atoms with Gasteiger partial charge in [0.05, 0.1) is 12.5 Å². The zero-order valence-electron chi connectivity index (χ0n) is 16.1. The van der Waals surface area contributed by atoms with Gasteiger partial charge in [0.15, 0.2) is 0 Å². The number of ketones is 1. The van der Waals surface area contributed by atoms with E-state index in [9.17, 15) is 9.59 Å². The fourth-order valence-electron chi connectivity index (χ4n) is 11.7. The average molecular weight is 354 g/mol. The van der Waals surface area contributed by atoms with Crippen LogP contribution in [0.1, 0.15) is 46.0 Å². The van der Waals surface area contributed by atoms with Crippen LogP contribution in [0.4, 0.5) is 0 Å². The molecule has 3 heteroatoms. The Hall–Kier alpha value is -0.860. The summed E-state index contributed by atoms with van der Waals surface area (Å²) >= 11 is 0. The van der Waals surface area contributed by atoms with Crippen LogP contribution in [0.5, 0.6) is 0 Å². The third kappa shape index (κ3) is 1.13. The molecule has 7 fully saturated rings. The molecule has 0 heterocycles. The van der Waals surface area contributed by atoms with Crippen molar-refractivity contribution in [2.75, 3.05) is 7.11 Å². The van der Waals surface area contributed by atoms with Gasteiger partial charge in [-0.3, -0.25) is 9.59 Å². The molecule has 7 aliphatic carbocycles. The normalized spacial score (nSPS) is 68.0. The van der Waals surface area contributed by atoms with Gasteiger partial charge in [0, 0.05) is 11.3 Å². The number of Topliss-reactive ketones (excluding diaryl/α,β-unsaturated/α-hetero) is 1. The third-order valence-corrected chi connectivity index (χ3v) is 11.6. The molecule has 3 nitrogen and oxygen atoms in total. The van der Waals surface area contributed by atoms with Crippen LogP contribution in [0.2, 0.25) is 0 Å². The van der Waals surface area contributed by atoms with E-state index in [0.717, 1.165) is 6.42 Å². The van der Waals surface area contributed by atoms with Crippen molar-refractivity contribution in [2.24, 2.45) is 75.9 Å². The van der Waals surface area contributed by atoms with E-state index in [-0.39, 0.29) is 16.8 Å². The molecule has 7 rings (SSSR count). The van der Waals surface area contributed by atoms with Crippen molar-refractivity contribution in [1.82, 2.24) is 0 Å². The van der Waals surface area contributed by atoms with Crippen LogP contribution < -0.4 is 0 Å². The van der Waals surface area contributed by atoms with Crippen LogP contribution in [0.3, 0.4) is 0 Å². The second-order valence-electron chi connectivity index (χ2n) is 11.4. The summed E-state index contributed by atoms with van der Waals surface area (Å²) in [7, 11) is 1.60. The molecule has 140 valence electrons. The molecule has 0 aromatic rings. The number of hydrogen-bond donors (Lipinski definition) is 0.